The van der Waals surface area contributed by atoms with Crippen LogP contribution < -0.4 is 4.90 Å². The molecule has 0 aliphatic carbocycles. The van der Waals surface area contributed by atoms with Gasteiger partial charge in [0.2, 0.25) is 0 Å². The zero-order valence-electron chi connectivity index (χ0n) is 18.1. The topological polar surface area (TPSA) is 43.8 Å². The normalized spacial score (nSPS) is 16.4. The number of halogens is 1. The number of ketones is 1. The van der Waals surface area contributed by atoms with E-state index in [0.717, 1.165) is 50.4 Å². The first-order valence-corrected chi connectivity index (χ1v) is 11.0. The molecule has 0 spiro atoms. The molecule has 0 atom stereocenters. The third kappa shape index (κ3) is 5.46. The van der Waals surface area contributed by atoms with Crippen molar-refractivity contribution in [3.8, 4) is 0 Å². The number of hydrogen-bond donors (Lipinski definition) is 1. The molecule has 0 aromatic heterocycles. The molecule has 30 heavy (non-hydrogen) atoms. The molecule has 2 aromatic carbocycles. The summed E-state index contributed by atoms with van der Waals surface area (Å²) in [5.41, 5.74) is 1.94. The van der Waals surface area contributed by atoms with Crippen molar-refractivity contribution >= 4 is 11.5 Å². The lowest BCUT2D eigenvalue weighted by Crippen LogP contribution is -2.43. The summed E-state index contributed by atoms with van der Waals surface area (Å²) in [5.74, 6) is -0.272. The number of Topliss-reactive ketones (excluding diaryl/α,β-unsaturated/α-hetero) is 1. The first-order chi connectivity index (χ1) is 14.4. The van der Waals surface area contributed by atoms with Gasteiger partial charge in [0.1, 0.15) is 5.82 Å². The van der Waals surface area contributed by atoms with E-state index < -0.39 is 5.60 Å². The van der Waals surface area contributed by atoms with Gasteiger partial charge in [0.15, 0.2) is 5.78 Å². The molecular formula is C25H33FN2O2. The minimum atomic E-state index is -0.788. The van der Waals surface area contributed by atoms with Crippen LogP contribution in [0.3, 0.4) is 0 Å². The summed E-state index contributed by atoms with van der Waals surface area (Å²) in [4.78, 5) is 16.8. The molecule has 5 heteroatoms. The molecule has 0 amide bonds. The molecule has 162 valence electrons. The molecule has 0 bridgehead atoms. The van der Waals surface area contributed by atoms with Gasteiger partial charge in [0, 0.05) is 43.9 Å². The molecule has 1 saturated heterocycles. The molecule has 2 aromatic rings. The monoisotopic (exact) mass is 412 g/mol. The number of nitrogens with zero attached hydrogens (tertiary/aromatic N) is 2. The lowest BCUT2D eigenvalue weighted by atomic mass is 9.84. The summed E-state index contributed by atoms with van der Waals surface area (Å²) in [5, 5.41) is 11.3. The van der Waals surface area contributed by atoms with Gasteiger partial charge >= 0.3 is 0 Å². The van der Waals surface area contributed by atoms with Crippen molar-refractivity contribution in [1.29, 1.82) is 0 Å². The predicted octanol–water partition coefficient (Wildman–Crippen LogP) is 4.62. The van der Waals surface area contributed by atoms with Crippen molar-refractivity contribution in [3.05, 3.63) is 65.5 Å². The van der Waals surface area contributed by atoms with Crippen LogP contribution in [0.25, 0.3) is 0 Å². The molecule has 1 aliphatic heterocycles. The first kappa shape index (κ1) is 22.4. The summed E-state index contributed by atoms with van der Waals surface area (Å²) >= 11 is 0. The van der Waals surface area contributed by atoms with E-state index in [4.69, 9.17) is 0 Å². The number of piperidine rings is 1. The number of hydrogen-bond acceptors (Lipinski definition) is 4. The number of benzene rings is 2. The molecular weight excluding hydrogens is 379 g/mol. The predicted molar refractivity (Wildman–Crippen MR) is 120 cm³/mol. The van der Waals surface area contributed by atoms with Crippen molar-refractivity contribution in [2.24, 2.45) is 0 Å². The Bertz CT molecular complexity index is 825. The Morgan fingerprint density at radius 1 is 1.10 bits per heavy atom. The Labute approximate surface area is 179 Å². The van der Waals surface area contributed by atoms with Crippen LogP contribution in [0, 0.1) is 5.82 Å². The van der Waals surface area contributed by atoms with E-state index in [-0.39, 0.29) is 11.6 Å². The Hall–Kier alpha value is -2.24. The fraction of sp³-hybridized carbons (Fsp3) is 0.480. The highest BCUT2D eigenvalue weighted by atomic mass is 19.1. The molecule has 0 radical (unpaired) electrons. The maximum absolute atomic E-state index is 13.0. The van der Waals surface area contributed by atoms with Gasteiger partial charge in [-0.05, 0) is 81.6 Å². The lowest BCUT2D eigenvalue weighted by molar-refractivity contribution is -0.0260. The number of rotatable bonds is 9. The third-order valence-electron chi connectivity index (χ3n) is 6.24. The Morgan fingerprint density at radius 3 is 2.40 bits per heavy atom. The number of anilines is 1. The van der Waals surface area contributed by atoms with E-state index in [2.05, 4.69) is 35.8 Å². The van der Waals surface area contributed by atoms with E-state index in [1.165, 1.54) is 12.1 Å². The smallest absolute Gasteiger partial charge is 0.162 e. The Kier molecular flexibility index (Phi) is 7.62. The van der Waals surface area contributed by atoms with Crippen LogP contribution in [0.15, 0.2) is 48.5 Å². The van der Waals surface area contributed by atoms with Crippen molar-refractivity contribution < 1.29 is 14.3 Å². The molecule has 0 saturated carbocycles. The molecule has 3 rings (SSSR count). The van der Waals surface area contributed by atoms with Gasteiger partial charge in [-0.2, -0.15) is 0 Å². The highest BCUT2D eigenvalue weighted by Crippen LogP contribution is 2.34. The highest BCUT2D eigenvalue weighted by molar-refractivity contribution is 5.95. The van der Waals surface area contributed by atoms with Gasteiger partial charge in [-0.15, -0.1) is 0 Å². The number of likely N-dealkylation sites (tertiary alicyclic amines) is 1. The second kappa shape index (κ2) is 10.2. The van der Waals surface area contributed by atoms with Gasteiger partial charge in [0.25, 0.3) is 0 Å². The van der Waals surface area contributed by atoms with Gasteiger partial charge < -0.3 is 14.9 Å². The Morgan fingerprint density at radius 2 is 1.77 bits per heavy atom. The van der Waals surface area contributed by atoms with Crippen molar-refractivity contribution in [2.45, 2.75) is 45.1 Å². The second-order valence-electron chi connectivity index (χ2n) is 8.13. The first-order valence-electron chi connectivity index (χ1n) is 11.0. The largest absolute Gasteiger partial charge is 0.385 e. The molecule has 1 aliphatic rings. The maximum Gasteiger partial charge on any atom is 0.162 e. The summed E-state index contributed by atoms with van der Waals surface area (Å²) in [6.45, 7) is 8.65. The van der Waals surface area contributed by atoms with Crippen LogP contribution in [0.4, 0.5) is 10.1 Å². The summed E-state index contributed by atoms with van der Waals surface area (Å²) in [6, 6.07) is 14.0. The van der Waals surface area contributed by atoms with Crippen molar-refractivity contribution in [3.63, 3.8) is 0 Å². The van der Waals surface area contributed by atoms with E-state index in [0.29, 0.717) is 24.8 Å². The van der Waals surface area contributed by atoms with E-state index >= 15 is 0 Å². The number of carbonyl (C=O) groups is 1. The fourth-order valence-electron chi connectivity index (χ4n) is 4.26. The zero-order valence-corrected chi connectivity index (χ0v) is 18.1. The van der Waals surface area contributed by atoms with Crippen LogP contribution in [0.5, 0.6) is 0 Å². The minimum absolute atomic E-state index is 0.0525. The van der Waals surface area contributed by atoms with Crippen LogP contribution in [-0.2, 0) is 5.60 Å². The van der Waals surface area contributed by atoms with E-state index in [1.807, 2.05) is 12.1 Å². The van der Waals surface area contributed by atoms with E-state index in [9.17, 15) is 14.3 Å². The molecule has 1 N–H and O–H groups in total. The zero-order chi connectivity index (χ0) is 21.6. The second-order valence-corrected chi connectivity index (χ2v) is 8.13. The fourth-order valence-corrected chi connectivity index (χ4v) is 4.26. The quantitative estimate of drug-likeness (QED) is 0.611. The summed E-state index contributed by atoms with van der Waals surface area (Å²) in [7, 11) is 0. The third-order valence-corrected chi connectivity index (χ3v) is 6.24. The highest BCUT2D eigenvalue weighted by Gasteiger charge is 2.34. The minimum Gasteiger partial charge on any atom is -0.385 e. The van der Waals surface area contributed by atoms with Gasteiger partial charge in [-0.3, -0.25) is 4.79 Å². The van der Waals surface area contributed by atoms with Gasteiger partial charge in [-0.25, -0.2) is 4.39 Å². The molecule has 1 heterocycles. The van der Waals surface area contributed by atoms with Crippen LogP contribution in [0.2, 0.25) is 0 Å². The van der Waals surface area contributed by atoms with Crippen molar-refractivity contribution in [2.75, 3.05) is 37.6 Å². The van der Waals surface area contributed by atoms with Crippen LogP contribution in [0.1, 0.15) is 55.5 Å². The molecule has 4 nitrogen and oxygen atoms in total. The SMILES string of the molecule is CCN(CC)c1cccc(C2(O)CCN(CCCC(=O)c3ccc(F)cc3)CC2)c1. The average Bonchev–Trinajstić information content (AvgIpc) is 2.77. The van der Waals surface area contributed by atoms with E-state index in [1.54, 1.807) is 12.1 Å². The Balaban J connectivity index is 1.50. The standard InChI is InChI=1S/C25H33FN2O2/c1-3-28(4-2)23-8-5-7-21(19-23)25(30)14-17-27(18-15-25)16-6-9-24(29)20-10-12-22(26)13-11-20/h5,7-8,10-13,19,30H,3-4,6,9,14-18H2,1-2H3. The van der Waals surface area contributed by atoms with Crippen LogP contribution in [-0.4, -0.2) is 48.5 Å². The summed E-state index contributed by atoms with van der Waals surface area (Å²) in [6.07, 6.45) is 2.62. The number of aliphatic hydroxyl groups is 1. The summed E-state index contributed by atoms with van der Waals surface area (Å²) < 4.78 is 13.0. The van der Waals surface area contributed by atoms with Gasteiger partial charge in [-0.1, -0.05) is 12.1 Å². The van der Waals surface area contributed by atoms with Crippen LogP contribution >= 0.6 is 0 Å². The van der Waals surface area contributed by atoms with Gasteiger partial charge in [0.05, 0.1) is 5.60 Å². The van der Waals surface area contributed by atoms with Crippen molar-refractivity contribution in [1.82, 2.24) is 4.90 Å². The maximum atomic E-state index is 13.0. The average molecular weight is 413 g/mol. The lowest BCUT2D eigenvalue weighted by Gasteiger charge is -2.39. The number of carbonyl (C=O) groups excluding carboxylic acids is 1. The molecule has 1 fully saturated rings. The molecule has 0 unspecified atom stereocenters.